The lowest BCUT2D eigenvalue weighted by atomic mass is 9.72. The van der Waals surface area contributed by atoms with E-state index in [-0.39, 0.29) is 11.9 Å². The highest BCUT2D eigenvalue weighted by Crippen LogP contribution is 2.62. The molecule has 5 saturated carbocycles. The minimum Gasteiger partial charge on any atom is -0.465 e. The van der Waals surface area contributed by atoms with E-state index in [1.165, 1.54) is 5.92 Å². The first-order valence-electron chi connectivity index (χ1n) is 17.8. The van der Waals surface area contributed by atoms with Gasteiger partial charge in [0.15, 0.2) is 0 Å². The number of rotatable bonds is 12. The maximum atomic E-state index is 11.3. The number of fused-ring (bicyclic) bond motifs is 5. The summed E-state index contributed by atoms with van der Waals surface area (Å²) in [5, 5.41) is 0. The molecule has 1 spiro atoms. The number of hydrogen-bond donors (Lipinski definition) is 0. The predicted octanol–water partition coefficient (Wildman–Crippen LogP) is 6.41. The first-order chi connectivity index (χ1) is 21.0. The van der Waals surface area contributed by atoms with E-state index in [1.54, 1.807) is 51.4 Å². The predicted molar refractivity (Wildman–Crippen MR) is 162 cm³/mol. The molecule has 8 unspecified atom stereocenters. The summed E-state index contributed by atoms with van der Waals surface area (Å²) in [6.07, 6.45) is 22.0. The van der Waals surface area contributed by atoms with Crippen molar-refractivity contribution in [2.45, 2.75) is 141 Å². The highest BCUT2D eigenvalue weighted by atomic mass is 16.6. The summed E-state index contributed by atoms with van der Waals surface area (Å²) in [4.78, 5) is 22.6. The van der Waals surface area contributed by atoms with Gasteiger partial charge in [0.05, 0.1) is 63.7 Å². The molecule has 7 fully saturated rings. The highest BCUT2D eigenvalue weighted by molar-refractivity contribution is 5.69. The van der Waals surface area contributed by atoms with Crippen molar-refractivity contribution in [1.82, 2.24) is 0 Å². The second-order valence-corrected chi connectivity index (χ2v) is 14.2. The van der Waals surface area contributed by atoms with Gasteiger partial charge in [-0.15, -0.1) is 0 Å². The summed E-state index contributed by atoms with van der Waals surface area (Å²) >= 11 is 0. The molecule has 8 nitrogen and oxygen atoms in total. The molecule has 8 atom stereocenters. The van der Waals surface area contributed by atoms with Gasteiger partial charge in [0.1, 0.15) is 0 Å². The number of esters is 2. The van der Waals surface area contributed by atoms with Crippen LogP contribution < -0.4 is 0 Å². The van der Waals surface area contributed by atoms with Crippen molar-refractivity contribution >= 4 is 11.9 Å². The molecule has 246 valence electrons. The van der Waals surface area contributed by atoms with Crippen LogP contribution in [-0.2, 0) is 38.0 Å². The summed E-state index contributed by atoms with van der Waals surface area (Å²) in [5.41, 5.74) is 0.906. The van der Waals surface area contributed by atoms with Gasteiger partial charge >= 0.3 is 11.9 Å². The fraction of sp³-hybridized carbons (Fsp3) is 0.943. The molecule has 43 heavy (non-hydrogen) atoms. The lowest BCUT2D eigenvalue weighted by Crippen LogP contribution is -2.23. The van der Waals surface area contributed by atoms with Gasteiger partial charge in [-0.05, 0) is 114 Å². The fourth-order valence-electron chi connectivity index (χ4n) is 8.69. The third-order valence-electron chi connectivity index (χ3n) is 11.2. The maximum Gasteiger partial charge on any atom is 0.308 e. The molecular weight excluding hydrogens is 548 g/mol. The number of epoxide rings is 2. The minimum atomic E-state index is -0.146. The number of carbonyl (C=O) groups excluding carboxylic acids is 2. The van der Waals surface area contributed by atoms with Gasteiger partial charge in [-0.2, -0.15) is 0 Å². The quantitative estimate of drug-likeness (QED) is 0.143. The van der Waals surface area contributed by atoms with Gasteiger partial charge in [-0.1, -0.05) is 19.3 Å². The van der Waals surface area contributed by atoms with Crippen molar-refractivity contribution in [3.8, 4) is 0 Å². The molecule has 2 aliphatic heterocycles. The Morgan fingerprint density at radius 3 is 1.63 bits per heavy atom. The van der Waals surface area contributed by atoms with Gasteiger partial charge < -0.3 is 28.4 Å². The number of ether oxygens (including phenoxy) is 6. The molecular formula is C35H58O8. The van der Waals surface area contributed by atoms with Gasteiger partial charge in [0, 0.05) is 13.2 Å². The Hall–Kier alpha value is -1.22. The van der Waals surface area contributed by atoms with Gasteiger partial charge in [0.2, 0.25) is 0 Å². The number of hydrogen-bond acceptors (Lipinski definition) is 8. The Morgan fingerprint density at radius 1 is 0.674 bits per heavy atom. The van der Waals surface area contributed by atoms with E-state index >= 15 is 0 Å². The average Bonchev–Trinajstić information content (AvgIpc) is 3.82. The monoisotopic (exact) mass is 606 g/mol. The smallest absolute Gasteiger partial charge is 0.308 e. The molecule has 0 N–H and O–H groups in total. The SMILES string of the molecule is C1CCC2(C1)CC1CCC2C1.CCOCCC(=O)OCC1CCC2OC2C1.CCOCCC(=O)OCC1CCC2OC2C1. The van der Waals surface area contributed by atoms with Crippen molar-refractivity contribution < 1.29 is 38.0 Å². The van der Waals surface area contributed by atoms with Crippen LogP contribution in [0, 0.1) is 29.1 Å². The normalized spacial score (nSPS) is 35.5. The van der Waals surface area contributed by atoms with Gasteiger partial charge in [-0.25, -0.2) is 0 Å². The molecule has 0 radical (unpaired) electrons. The molecule has 0 aromatic rings. The first-order valence-corrected chi connectivity index (χ1v) is 17.8. The van der Waals surface area contributed by atoms with Crippen molar-refractivity contribution in [1.29, 1.82) is 0 Å². The van der Waals surface area contributed by atoms with Crippen LogP contribution >= 0.6 is 0 Å². The zero-order valence-electron chi connectivity index (χ0n) is 26.9. The third kappa shape index (κ3) is 10.1. The summed E-state index contributed by atoms with van der Waals surface area (Å²) < 4.78 is 31.5. The zero-order chi connectivity index (χ0) is 30.1. The second-order valence-electron chi connectivity index (χ2n) is 14.2. The second kappa shape index (κ2) is 16.4. The molecule has 8 heteroatoms. The van der Waals surface area contributed by atoms with E-state index in [2.05, 4.69) is 0 Å². The average molecular weight is 607 g/mol. The van der Waals surface area contributed by atoms with E-state index < -0.39 is 0 Å². The van der Waals surface area contributed by atoms with Crippen LogP contribution in [0.15, 0.2) is 0 Å². The van der Waals surface area contributed by atoms with E-state index in [1.807, 2.05) is 13.8 Å². The molecule has 0 amide bonds. The summed E-state index contributed by atoms with van der Waals surface area (Å²) in [6.45, 7) is 7.17. The van der Waals surface area contributed by atoms with Gasteiger partial charge in [0.25, 0.3) is 0 Å². The fourth-order valence-corrected chi connectivity index (χ4v) is 8.69. The Labute approximate surface area is 259 Å². The molecule has 5 aliphatic carbocycles. The summed E-state index contributed by atoms with van der Waals surface area (Å²) in [7, 11) is 0. The molecule has 7 aliphatic rings. The Kier molecular flexibility index (Phi) is 12.6. The van der Waals surface area contributed by atoms with E-state index in [0.29, 0.717) is 88.7 Å². The zero-order valence-corrected chi connectivity index (χ0v) is 26.9. The number of carbonyl (C=O) groups is 2. The molecule has 0 aromatic heterocycles. The molecule has 7 rings (SSSR count). The van der Waals surface area contributed by atoms with Crippen LogP contribution in [0.4, 0.5) is 0 Å². The molecule has 2 saturated heterocycles. The van der Waals surface area contributed by atoms with Crippen molar-refractivity contribution in [3.63, 3.8) is 0 Å². The topological polar surface area (TPSA) is 96.1 Å². The Bertz CT molecular complexity index is 822. The first kappa shape index (κ1) is 33.2. The molecule has 2 heterocycles. The summed E-state index contributed by atoms with van der Waals surface area (Å²) in [5.74, 6) is 3.05. The summed E-state index contributed by atoms with van der Waals surface area (Å²) in [6, 6.07) is 0. The van der Waals surface area contributed by atoms with Crippen LogP contribution in [0.3, 0.4) is 0 Å². The Balaban J connectivity index is 0.000000130. The lowest BCUT2D eigenvalue weighted by molar-refractivity contribution is -0.147. The lowest BCUT2D eigenvalue weighted by Gasteiger charge is -2.33. The third-order valence-corrected chi connectivity index (χ3v) is 11.2. The van der Waals surface area contributed by atoms with E-state index in [9.17, 15) is 9.59 Å². The van der Waals surface area contributed by atoms with Crippen LogP contribution in [0.1, 0.15) is 117 Å². The Morgan fingerprint density at radius 2 is 1.21 bits per heavy atom. The van der Waals surface area contributed by atoms with Crippen LogP contribution in [0.5, 0.6) is 0 Å². The van der Waals surface area contributed by atoms with E-state index in [4.69, 9.17) is 28.4 Å². The van der Waals surface area contributed by atoms with Crippen molar-refractivity contribution in [2.24, 2.45) is 29.1 Å². The highest BCUT2D eigenvalue weighted by Gasteiger charge is 2.51. The van der Waals surface area contributed by atoms with Crippen molar-refractivity contribution in [3.05, 3.63) is 0 Å². The molecule has 0 aromatic carbocycles. The van der Waals surface area contributed by atoms with Gasteiger partial charge in [-0.3, -0.25) is 9.59 Å². The molecule has 2 bridgehead atoms. The van der Waals surface area contributed by atoms with Crippen molar-refractivity contribution in [2.75, 3.05) is 39.6 Å². The maximum absolute atomic E-state index is 11.3. The largest absolute Gasteiger partial charge is 0.465 e. The van der Waals surface area contributed by atoms with Crippen LogP contribution in [0.25, 0.3) is 0 Å². The standard InChI is InChI=1S/2C12H20O4.C11H18/c2*1-2-14-6-5-12(13)15-8-9-3-4-10-11(7-9)16-10;1-2-6-11(5-1)8-9-3-4-10(11)7-9/h2*9-11H,2-8H2,1H3;9-10H,1-8H2. The minimum absolute atomic E-state index is 0.146. The van der Waals surface area contributed by atoms with E-state index in [0.717, 1.165) is 49.9 Å². The van der Waals surface area contributed by atoms with Crippen LogP contribution in [-0.4, -0.2) is 76.0 Å². The van der Waals surface area contributed by atoms with Crippen LogP contribution in [0.2, 0.25) is 0 Å².